The molecule has 0 amide bonds. The molecule has 1 aromatic heterocycles. The highest BCUT2D eigenvalue weighted by atomic mass is 32.2. The van der Waals surface area contributed by atoms with E-state index in [2.05, 4.69) is 21.6 Å². The maximum Gasteiger partial charge on any atom is 0.119 e. The molecular weight excluding hydrogens is 194 g/mol. The Morgan fingerprint density at radius 3 is 3.07 bits per heavy atom. The number of hydrogen-bond donors (Lipinski definition) is 1. The Morgan fingerprint density at radius 1 is 1.50 bits per heavy atom. The topological polar surface area (TPSA) is 37.8 Å². The highest BCUT2D eigenvalue weighted by molar-refractivity contribution is 7.99. The van der Waals surface area contributed by atoms with Gasteiger partial charge in [0, 0.05) is 5.75 Å². The van der Waals surface area contributed by atoms with Crippen LogP contribution in [0.15, 0.2) is 17.2 Å². The van der Waals surface area contributed by atoms with E-state index in [0.717, 1.165) is 28.9 Å². The SMILES string of the molecule is Cc1ccc(SCC2CCNC2)nn1. The van der Waals surface area contributed by atoms with Crippen molar-refractivity contribution in [1.82, 2.24) is 15.5 Å². The van der Waals surface area contributed by atoms with Crippen molar-refractivity contribution in [3.63, 3.8) is 0 Å². The number of aryl methyl sites for hydroxylation is 1. The molecule has 1 aromatic rings. The first kappa shape index (κ1) is 9.93. The highest BCUT2D eigenvalue weighted by Crippen LogP contribution is 2.20. The summed E-state index contributed by atoms with van der Waals surface area (Å²) in [6, 6.07) is 4.07. The summed E-state index contributed by atoms with van der Waals surface area (Å²) < 4.78 is 0. The summed E-state index contributed by atoms with van der Waals surface area (Å²) in [5.41, 5.74) is 0.983. The molecular formula is C10H15N3S. The van der Waals surface area contributed by atoms with Gasteiger partial charge in [-0.3, -0.25) is 0 Å². The molecule has 1 N–H and O–H groups in total. The zero-order chi connectivity index (χ0) is 9.80. The Balaban J connectivity index is 1.82. The predicted molar refractivity (Wildman–Crippen MR) is 58.5 cm³/mol. The number of aromatic nitrogens is 2. The number of hydrogen-bond acceptors (Lipinski definition) is 4. The summed E-state index contributed by atoms with van der Waals surface area (Å²) >= 11 is 1.81. The fourth-order valence-electron chi connectivity index (χ4n) is 1.52. The van der Waals surface area contributed by atoms with Gasteiger partial charge in [-0.2, -0.15) is 5.10 Å². The first-order valence-electron chi connectivity index (χ1n) is 4.98. The van der Waals surface area contributed by atoms with E-state index in [9.17, 15) is 0 Å². The van der Waals surface area contributed by atoms with Crippen LogP contribution >= 0.6 is 11.8 Å². The van der Waals surface area contributed by atoms with Gasteiger partial charge in [0.2, 0.25) is 0 Å². The normalized spacial score (nSPS) is 21.4. The van der Waals surface area contributed by atoms with E-state index in [1.165, 1.54) is 13.0 Å². The molecule has 0 saturated carbocycles. The number of nitrogens with one attached hydrogen (secondary N) is 1. The third kappa shape index (κ3) is 2.69. The molecule has 1 aliphatic heterocycles. The number of rotatable bonds is 3. The van der Waals surface area contributed by atoms with Crippen LogP contribution in [0.2, 0.25) is 0 Å². The third-order valence-corrected chi connectivity index (χ3v) is 3.55. The van der Waals surface area contributed by atoms with Crippen molar-refractivity contribution >= 4 is 11.8 Å². The van der Waals surface area contributed by atoms with Gasteiger partial charge in [-0.15, -0.1) is 16.9 Å². The summed E-state index contributed by atoms with van der Waals surface area (Å²) in [6.45, 7) is 4.29. The van der Waals surface area contributed by atoms with Gasteiger partial charge >= 0.3 is 0 Å². The molecule has 2 heterocycles. The van der Waals surface area contributed by atoms with Gasteiger partial charge in [0.1, 0.15) is 5.03 Å². The zero-order valence-corrected chi connectivity index (χ0v) is 9.18. The lowest BCUT2D eigenvalue weighted by atomic mass is 10.2. The average molecular weight is 209 g/mol. The third-order valence-electron chi connectivity index (χ3n) is 2.40. The van der Waals surface area contributed by atoms with Gasteiger partial charge in [0.25, 0.3) is 0 Å². The molecule has 4 heteroatoms. The lowest BCUT2D eigenvalue weighted by Gasteiger charge is -2.06. The molecule has 1 fully saturated rings. The van der Waals surface area contributed by atoms with E-state index in [0.29, 0.717) is 0 Å². The van der Waals surface area contributed by atoms with Crippen molar-refractivity contribution < 1.29 is 0 Å². The van der Waals surface area contributed by atoms with Crippen LogP contribution in [0.3, 0.4) is 0 Å². The monoisotopic (exact) mass is 209 g/mol. The van der Waals surface area contributed by atoms with E-state index < -0.39 is 0 Å². The van der Waals surface area contributed by atoms with Gasteiger partial charge in [-0.25, -0.2) is 0 Å². The van der Waals surface area contributed by atoms with Crippen molar-refractivity contribution in [2.24, 2.45) is 5.92 Å². The first-order chi connectivity index (χ1) is 6.84. The van der Waals surface area contributed by atoms with Crippen LogP contribution in [0.25, 0.3) is 0 Å². The molecule has 1 saturated heterocycles. The van der Waals surface area contributed by atoms with Crippen molar-refractivity contribution in [3.8, 4) is 0 Å². The van der Waals surface area contributed by atoms with Gasteiger partial charge < -0.3 is 5.32 Å². The molecule has 76 valence electrons. The van der Waals surface area contributed by atoms with E-state index in [-0.39, 0.29) is 0 Å². The van der Waals surface area contributed by atoms with Crippen LogP contribution in [0.4, 0.5) is 0 Å². The van der Waals surface area contributed by atoms with Gasteiger partial charge in [0.05, 0.1) is 5.69 Å². The second kappa shape index (κ2) is 4.75. The standard InChI is InChI=1S/C10H15N3S/c1-8-2-3-10(13-12-8)14-7-9-4-5-11-6-9/h2-3,9,11H,4-7H2,1H3. The van der Waals surface area contributed by atoms with Crippen LogP contribution in [0.5, 0.6) is 0 Å². The molecule has 3 nitrogen and oxygen atoms in total. The molecule has 0 bridgehead atoms. The van der Waals surface area contributed by atoms with E-state index >= 15 is 0 Å². The summed E-state index contributed by atoms with van der Waals surface area (Å²) in [6.07, 6.45) is 1.30. The van der Waals surface area contributed by atoms with Gasteiger partial charge in [-0.05, 0) is 44.5 Å². The van der Waals surface area contributed by atoms with Crippen molar-refractivity contribution in [1.29, 1.82) is 0 Å². The molecule has 0 radical (unpaired) electrons. The second-order valence-corrected chi connectivity index (χ2v) is 4.72. The van der Waals surface area contributed by atoms with Crippen LogP contribution in [-0.2, 0) is 0 Å². The van der Waals surface area contributed by atoms with Crippen LogP contribution in [0, 0.1) is 12.8 Å². The van der Waals surface area contributed by atoms with E-state index in [1.807, 2.05) is 24.8 Å². The minimum atomic E-state index is 0.808. The quantitative estimate of drug-likeness (QED) is 0.765. The van der Waals surface area contributed by atoms with Gasteiger partial charge in [0.15, 0.2) is 0 Å². The van der Waals surface area contributed by atoms with Crippen molar-refractivity contribution in [2.75, 3.05) is 18.8 Å². The first-order valence-corrected chi connectivity index (χ1v) is 5.97. The summed E-state index contributed by atoms with van der Waals surface area (Å²) in [7, 11) is 0. The number of thioether (sulfide) groups is 1. The minimum Gasteiger partial charge on any atom is -0.316 e. The van der Waals surface area contributed by atoms with Crippen molar-refractivity contribution in [3.05, 3.63) is 17.8 Å². The molecule has 0 spiro atoms. The second-order valence-electron chi connectivity index (χ2n) is 3.68. The Hall–Kier alpha value is -0.610. The fraction of sp³-hybridized carbons (Fsp3) is 0.600. The predicted octanol–water partition coefficient (Wildman–Crippen LogP) is 1.49. The van der Waals surface area contributed by atoms with Crippen LogP contribution < -0.4 is 5.32 Å². The Labute approximate surface area is 88.7 Å². The van der Waals surface area contributed by atoms with E-state index in [1.54, 1.807) is 0 Å². The lowest BCUT2D eigenvalue weighted by molar-refractivity contribution is 0.662. The maximum atomic E-state index is 4.13. The molecule has 1 unspecified atom stereocenters. The zero-order valence-electron chi connectivity index (χ0n) is 8.36. The maximum absolute atomic E-state index is 4.13. The fourth-order valence-corrected chi connectivity index (χ4v) is 2.48. The number of nitrogens with zero attached hydrogens (tertiary/aromatic N) is 2. The van der Waals surface area contributed by atoms with Crippen LogP contribution in [-0.4, -0.2) is 29.0 Å². The molecule has 0 aliphatic carbocycles. The summed E-state index contributed by atoms with van der Waals surface area (Å²) in [4.78, 5) is 0. The van der Waals surface area contributed by atoms with E-state index in [4.69, 9.17) is 0 Å². The molecule has 2 rings (SSSR count). The molecule has 1 atom stereocenters. The largest absolute Gasteiger partial charge is 0.316 e. The Bertz CT molecular complexity index is 280. The Kier molecular flexibility index (Phi) is 3.37. The molecule has 0 aromatic carbocycles. The van der Waals surface area contributed by atoms with Crippen molar-refractivity contribution in [2.45, 2.75) is 18.4 Å². The Morgan fingerprint density at radius 2 is 2.43 bits per heavy atom. The molecule has 1 aliphatic rings. The highest BCUT2D eigenvalue weighted by Gasteiger charge is 2.14. The summed E-state index contributed by atoms with van der Waals surface area (Å²) in [5, 5.41) is 12.6. The minimum absolute atomic E-state index is 0.808. The smallest absolute Gasteiger partial charge is 0.119 e. The summed E-state index contributed by atoms with van der Waals surface area (Å²) in [5.74, 6) is 1.97. The average Bonchev–Trinajstić information content (AvgIpc) is 2.70. The van der Waals surface area contributed by atoms with Gasteiger partial charge in [-0.1, -0.05) is 0 Å². The molecule has 14 heavy (non-hydrogen) atoms. The lowest BCUT2D eigenvalue weighted by Crippen LogP contribution is -2.10. The van der Waals surface area contributed by atoms with Crippen LogP contribution in [0.1, 0.15) is 12.1 Å².